The highest BCUT2D eigenvalue weighted by molar-refractivity contribution is 7.89. The first-order chi connectivity index (χ1) is 9.45. The number of nitrogens with zero attached hydrogens (tertiary/aromatic N) is 2. The summed E-state index contributed by atoms with van der Waals surface area (Å²) in [5.74, 6) is -1.65. The Morgan fingerprint density at radius 1 is 1.45 bits per heavy atom. The summed E-state index contributed by atoms with van der Waals surface area (Å²) in [7, 11) is -3.74. The molecule has 1 aliphatic heterocycles. The van der Waals surface area contributed by atoms with Crippen LogP contribution in [-0.4, -0.2) is 36.9 Å². The molecule has 0 radical (unpaired) electrons. The van der Waals surface area contributed by atoms with Gasteiger partial charge in [0.25, 0.3) is 0 Å². The Hall–Kier alpha value is -1.91. The van der Waals surface area contributed by atoms with E-state index in [1.165, 1.54) is 28.6 Å². The average molecular weight is 294 g/mol. The van der Waals surface area contributed by atoms with Crippen LogP contribution in [0, 0.1) is 17.2 Å². The number of sulfonamides is 1. The zero-order valence-electron chi connectivity index (χ0n) is 10.7. The third-order valence-electron chi connectivity index (χ3n) is 3.33. The van der Waals surface area contributed by atoms with Gasteiger partial charge >= 0.3 is 5.97 Å². The number of benzene rings is 1. The van der Waals surface area contributed by atoms with E-state index in [9.17, 15) is 13.2 Å². The van der Waals surface area contributed by atoms with E-state index in [0.717, 1.165) is 0 Å². The topological polar surface area (TPSA) is 98.5 Å². The van der Waals surface area contributed by atoms with Crippen molar-refractivity contribution >= 4 is 16.0 Å². The summed E-state index contributed by atoms with van der Waals surface area (Å²) in [5.41, 5.74) is 0.262. The minimum atomic E-state index is -3.74. The fourth-order valence-electron chi connectivity index (χ4n) is 2.24. The molecule has 1 aromatic rings. The first-order valence-corrected chi connectivity index (χ1v) is 7.62. The van der Waals surface area contributed by atoms with Gasteiger partial charge in [0.1, 0.15) is 0 Å². The molecule has 0 aliphatic carbocycles. The third kappa shape index (κ3) is 2.81. The molecular weight excluding hydrogens is 280 g/mol. The number of nitriles is 1. The number of carbonyl (C=O) groups is 1. The average Bonchev–Trinajstić information content (AvgIpc) is 2.47. The summed E-state index contributed by atoms with van der Waals surface area (Å²) in [5, 5.41) is 17.8. The van der Waals surface area contributed by atoms with E-state index >= 15 is 0 Å². The number of aliphatic carboxylic acids is 1. The second kappa shape index (κ2) is 5.61. The van der Waals surface area contributed by atoms with E-state index < -0.39 is 21.9 Å². The van der Waals surface area contributed by atoms with Crippen LogP contribution in [-0.2, 0) is 14.8 Å². The SMILES string of the molecule is N#Cc1cccc(S(=O)(=O)N2CCC[C@H](C(=O)O)C2)c1. The molecule has 7 heteroatoms. The molecule has 1 heterocycles. The van der Waals surface area contributed by atoms with Crippen LogP contribution in [0.2, 0.25) is 0 Å². The van der Waals surface area contributed by atoms with Crippen LogP contribution in [0.15, 0.2) is 29.2 Å². The quantitative estimate of drug-likeness (QED) is 0.898. The molecule has 106 valence electrons. The van der Waals surface area contributed by atoms with E-state index in [1.807, 2.05) is 6.07 Å². The maximum absolute atomic E-state index is 12.4. The van der Waals surface area contributed by atoms with Crippen molar-refractivity contribution in [2.45, 2.75) is 17.7 Å². The Morgan fingerprint density at radius 2 is 2.20 bits per heavy atom. The van der Waals surface area contributed by atoms with Crippen LogP contribution in [0.25, 0.3) is 0 Å². The van der Waals surface area contributed by atoms with Gasteiger partial charge in [-0.05, 0) is 31.0 Å². The summed E-state index contributed by atoms with van der Waals surface area (Å²) in [4.78, 5) is 11.0. The molecule has 6 nitrogen and oxygen atoms in total. The molecule has 2 rings (SSSR count). The monoisotopic (exact) mass is 294 g/mol. The maximum atomic E-state index is 12.4. The van der Waals surface area contributed by atoms with E-state index in [0.29, 0.717) is 19.4 Å². The third-order valence-corrected chi connectivity index (χ3v) is 5.20. The van der Waals surface area contributed by atoms with Crippen LogP contribution in [0.4, 0.5) is 0 Å². The van der Waals surface area contributed by atoms with E-state index in [-0.39, 0.29) is 17.0 Å². The second-order valence-electron chi connectivity index (χ2n) is 4.68. The molecule has 0 bridgehead atoms. The van der Waals surface area contributed by atoms with E-state index in [2.05, 4.69) is 0 Å². The minimum absolute atomic E-state index is 0.0194. The summed E-state index contributed by atoms with van der Waals surface area (Å²) < 4.78 is 26.1. The van der Waals surface area contributed by atoms with Gasteiger partial charge in [0, 0.05) is 13.1 Å². The van der Waals surface area contributed by atoms with Crippen molar-refractivity contribution in [2.24, 2.45) is 5.92 Å². The van der Waals surface area contributed by atoms with Gasteiger partial charge in [-0.25, -0.2) is 8.42 Å². The number of hydrogen-bond acceptors (Lipinski definition) is 4. The van der Waals surface area contributed by atoms with Gasteiger partial charge in [0.2, 0.25) is 10.0 Å². The number of rotatable bonds is 3. The van der Waals surface area contributed by atoms with Gasteiger partial charge in [0.05, 0.1) is 22.4 Å². The van der Waals surface area contributed by atoms with Crippen LogP contribution >= 0.6 is 0 Å². The summed E-state index contributed by atoms with van der Waals surface area (Å²) >= 11 is 0. The van der Waals surface area contributed by atoms with Crippen LogP contribution < -0.4 is 0 Å². The molecule has 0 amide bonds. The molecule has 20 heavy (non-hydrogen) atoms. The molecule has 0 spiro atoms. The highest BCUT2D eigenvalue weighted by atomic mass is 32.2. The van der Waals surface area contributed by atoms with Crippen molar-refractivity contribution in [1.82, 2.24) is 4.31 Å². The predicted molar refractivity (Wildman–Crippen MR) is 70.3 cm³/mol. The summed E-state index contributed by atoms with van der Waals surface area (Å²) in [6.07, 6.45) is 1.01. The predicted octanol–water partition coefficient (Wildman–Crippen LogP) is 1.04. The van der Waals surface area contributed by atoms with Crippen LogP contribution in [0.3, 0.4) is 0 Å². The fraction of sp³-hybridized carbons (Fsp3) is 0.385. The number of piperidine rings is 1. The molecule has 1 aliphatic rings. The zero-order chi connectivity index (χ0) is 14.8. The lowest BCUT2D eigenvalue weighted by Crippen LogP contribution is -2.42. The number of carboxylic acid groups (broad SMARTS) is 1. The fourth-order valence-corrected chi connectivity index (χ4v) is 3.81. The van der Waals surface area contributed by atoms with Gasteiger partial charge in [-0.1, -0.05) is 6.07 Å². The molecular formula is C13H14N2O4S. The lowest BCUT2D eigenvalue weighted by molar-refractivity contribution is -0.142. The van der Waals surface area contributed by atoms with Crippen LogP contribution in [0.1, 0.15) is 18.4 Å². The Bertz CT molecular complexity index is 663. The highest BCUT2D eigenvalue weighted by Gasteiger charge is 2.33. The lowest BCUT2D eigenvalue weighted by Gasteiger charge is -2.29. The smallest absolute Gasteiger partial charge is 0.307 e. The lowest BCUT2D eigenvalue weighted by atomic mass is 10.0. The van der Waals surface area contributed by atoms with Crippen molar-refractivity contribution in [2.75, 3.05) is 13.1 Å². The minimum Gasteiger partial charge on any atom is -0.481 e. The van der Waals surface area contributed by atoms with E-state index in [4.69, 9.17) is 10.4 Å². The van der Waals surface area contributed by atoms with Gasteiger partial charge in [-0.3, -0.25) is 4.79 Å². The normalized spacial score (nSPS) is 20.2. The van der Waals surface area contributed by atoms with Gasteiger partial charge < -0.3 is 5.11 Å². The Morgan fingerprint density at radius 3 is 2.85 bits per heavy atom. The first kappa shape index (κ1) is 14.5. The van der Waals surface area contributed by atoms with Gasteiger partial charge in [-0.2, -0.15) is 9.57 Å². The largest absolute Gasteiger partial charge is 0.481 e. The summed E-state index contributed by atoms with van der Waals surface area (Å²) in [6, 6.07) is 7.64. The van der Waals surface area contributed by atoms with Gasteiger partial charge in [-0.15, -0.1) is 0 Å². The summed E-state index contributed by atoms with van der Waals surface area (Å²) in [6.45, 7) is 0.289. The highest BCUT2D eigenvalue weighted by Crippen LogP contribution is 2.24. The molecule has 0 saturated carbocycles. The molecule has 1 aromatic carbocycles. The number of hydrogen-bond donors (Lipinski definition) is 1. The van der Waals surface area contributed by atoms with Crippen molar-refractivity contribution in [3.05, 3.63) is 29.8 Å². The first-order valence-electron chi connectivity index (χ1n) is 6.18. The van der Waals surface area contributed by atoms with Crippen molar-refractivity contribution in [3.8, 4) is 6.07 Å². The Kier molecular flexibility index (Phi) is 4.06. The van der Waals surface area contributed by atoms with Crippen molar-refractivity contribution < 1.29 is 18.3 Å². The molecule has 0 aromatic heterocycles. The Labute approximate surface area is 117 Å². The van der Waals surface area contributed by atoms with Crippen molar-refractivity contribution in [1.29, 1.82) is 5.26 Å². The zero-order valence-corrected chi connectivity index (χ0v) is 11.5. The molecule has 0 unspecified atom stereocenters. The van der Waals surface area contributed by atoms with Gasteiger partial charge in [0.15, 0.2) is 0 Å². The van der Waals surface area contributed by atoms with Crippen molar-refractivity contribution in [3.63, 3.8) is 0 Å². The standard InChI is InChI=1S/C13H14N2O4S/c14-8-10-3-1-5-12(7-10)20(18,19)15-6-2-4-11(9-15)13(16)17/h1,3,5,7,11H,2,4,6,9H2,(H,16,17)/t11-/m0/s1. The second-order valence-corrected chi connectivity index (χ2v) is 6.62. The van der Waals surface area contributed by atoms with Crippen LogP contribution in [0.5, 0.6) is 0 Å². The Balaban J connectivity index is 2.30. The molecule has 1 N–H and O–H groups in total. The molecule has 1 fully saturated rings. The maximum Gasteiger partial charge on any atom is 0.307 e. The molecule has 1 saturated heterocycles. The number of carboxylic acids is 1. The van der Waals surface area contributed by atoms with E-state index in [1.54, 1.807) is 0 Å². The molecule has 1 atom stereocenters.